The number of benzene rings is 1. The average molecular weight is 275 g/mol. The lowest BCUT2D eigenvalue weighted by molar-refractivity contribution is -0.122. The van der Waals surface area contributed by atoms with Crippen LogP contribution in [0, 0.1) is 6.92 Å². The first-order valence-corrected chi connectivity index (χ1v) is 7.39. The van der Waals surface area contributed by atoms with Crippen LogP contribution >= 0.6 is 0 Å². The molecule has 1 aliphatic heterocycles. The van der Waals surface area contributed by atoms with Crippen LogP contribution in [0.15, 0.2) is 24.3 Å². The van der Waals surface area contributed by atoms with Crippen molar-refractivity contribution in [1.82, 2.24) is 15.5 Å². The molecule has 0 unspecified atom stereocenters. The summed E-state index contributed by atoms with van der Waals surface area (Å²) < 4.78 is 0. The molecular weight excluding hydrogens is 250 g/mol. The van der Waals surface area contributed by atoms with E-state index in [0.717, 1.165) is 31.5 Å². The minimum Gasteiger partial charge on any atom is -0.351 e. The van der Waals surface area contributed by atoms with Crippen molar-refractivity contribution >= 4 is 5.91 Å². The Morgan fingerprint density at radius 2 is 1.90 bits per heavy atom. The van der Waals surface area contributed by atoms with Gasteiger partial charge in [-0.1, -0.05) is 29.8 Å². The van der Waals surface area contributed by atoms with Crippen LogP contribution in [-0.4, -0.2) is 43.5 Å². The number of aryl methyl sites for hydroxylation is 1. The molecule has 1 aliphatic rings. The van der Waals surface area contributed by atoms with Gasteiger partial charge in [0.15, 0.2) is 0 Å². The van der Waals surface area contributed by atoms with Gasteiger partial charge in [-0.2, -0.15) is 0 Å². The summed E-state index contributed by atoms with van der Waals surface area (Å²) in [5, 5.41) is 6.30. The van der Waals surface area contributed by atoms with Crippen molar-refractivity contribution in [1.29, 1.82) is 0 Å². The number of carbonyl (C=O) groups excluding carboxylic acids is 1. The molecule has 0 saturated carbocycles. The maximum atomic E-state index is 11.9. The molecule has 20 heavy (non-hydrogen) atoms. The number of hydrogen-bond donors (Lipinski definition) is 2. The Morgan fingerprint density at radius 3 is 2.50 bits per heavy atom. The highest BCUT2D eigenvalue weighted by molar-refractivity contribution is 5.78. The lowest BCUT2D eigenvalue weighted by Crippen LogP contribution is -2.45. The Labute approximate surface area is 121 Å². The topological polar surface area (TPSA) is 44.4 Å². The van der Waals surface area contributed by atoms with Crippen LogP contribution in [-0.2, 0) is 11.3 Å². The highest BCUT2D eigenvalue weighted by Gasteiger charge is 2.19. The first-order valence-electron chi connectivity index (χ1n) is 7.39. The van der Waals surface area contributed by atoms with Gasteiger partial charge in [0.1, 0.15) is 0 Å². The van der Waals surface area contributed by atoms with Crippen LogP contribution in [0.25, 0.3) is 0 Å². The minimum absolute atomic E-state index is 0.119. The zero-order chi connectivity index (χ0) is 14.4. The van der Waals surface area contributed by atoms with Gasteiger partial charge < -0.3 is 10.6 Å². The molecule has 1 fully saturated rings. The second-order valence-corrected chi connectivity index (χ2v) is 5.60. The number of likely N-dealkylation sites (tertiary alicyclic amines) is 1. The van der Waals surface area contributed by atoms with Crippen LogP contribution in [0.3, 0.4) is 0 Å². The van der Waals surface area contributed by atoms with Crippen molar-refractivity contribution in [3.63, 3.8) is 0 Å². The van der Waals surface area contributed by atoms with Crippen LogP contribution < -0.4 is 10.6 Å². The molecule has 1 heterocycles. The number of piperidine rings is 1. The van der Waals surface area contributed by atoms with E-state index >= 15 is 0 Å². The van der Waals surface area contributed by atoms with Crippen molar-refractivity contribution in [2.24, 2.45) is 0 Å². The van der Waals surface area contributed by atoms with E-state index in [1.54, 1.807) is 0 Å². The first-order chi connectivity index (χ1) is 9.67. The SMILES string of the molecule is CNC1CCN(CC(=O)NCc2ccc(C)cc2)CC1. The maximum absolute atomic E-state index is 11.9. The monoisotopic (exact) mass is 275 g/mol. The van der Waals surface area contributed by atoms with E-state index in [4.69, 9.17) is 0 Å². The molecule has 2 rings (SSSR count). The predicted octanol–water partition coefficient (Wildman–Crippen LogP) is 1.30. The van der Waals surface area contributed by atoms with E-state index < -0.39 is 0 Å². The van der Waals surface area contributed by atoms with Crippen molar-refractivity contribution in [2.45, 2.75) is 32.4 Å². The molecule has 0 aliphatic carbocycles. The van der Waals surface area contributed by atoms with Gasteiger partial charge in [0.05, 0.1) is 6.54 Å². The van der Waals surface area contributed by atoms with Gasteiger partial charge in [-0.25, -0.2) is 0 Å². The van der Waals surface area contributed by atoms with Gasteiger partial charge in [-0.3, -0.25) is 9.69 Å². The number of hydrogen-bond acceptors (Lipinski definition) is 3. The first kappa shape index (κ1) is 15.0. The molecule has 1 aromatic carbocycles. The Bertz CT molecular complexity index is 422. The smallest absolute Gasteiger partial charge is 0.234 e. The fourth-order valence-corrected chi connectivity index (χ4v) is 2.55. The molecule has 4 nitrogen and oxygen atoms in total. The van der Waals surface area contributed by atoms with Gasteiger partial charge in [0.25, 0.3) is 0 Å². The van der Waals surface area contributed by atoms with E-state index in [0.29, 0.717) is 19.1 Å². The number of carbonyl (C=O) groups is 1. The van der Waals surface area contributed by atoms with E-state index in [1.165, 1.54) is 5.56 Å². The lowest BCUT2D eigenvalue weighted by Gasteiger charge is -2.31. The van der Waals surface area contributed by atoms with E-state index in [-0.39, 0.29) is 5.91 Å². The normalized spacial score (nSPS) is 17.1. The number of rotatable bonds is 5. The fourth-order valence-electron chi connectivity index (χ4n) is 2.55. The van der Waals surface area contributed by atoms with Crippen molar-refractivity contribution < 1.29 is 4.79 Å². The van der Waals surface area contributed by atoms with Crippen LogP contribution in [0.1, 0.15) is 24.0 Å². The number of amides is 1. The zero-order valence-corrected chi connectivity index (χ0v) is 12.5. The van der Waals surface area contributed by atoms with E-state index in [9.17, 15) is 4.79 Å². The van der Waals surface area contributed by atoms with Crippen LogP contribution in [0.5, 0.6) is 0 Å². The predicted molar refractivity (Wildman–Crippen MR) is 81.5 cm³/mol. The molecule has 2 N–H and O–H groups in total. The Kier molecular flexibility index (Phi) is 5.56. The molecule has 1 aromatic rings. The van der Waals surface area contributed by atoms with Crippen molar-refractivity contribution in [3.8, 4) is 0 Å². The third kappa shape index (κ3) is 4.62. The van der Waals surface area contributed by atoms with Crippen LogP contribution in [0.4, 0.5) is 0 Å². The Balaban J connectivity index is 1.69. The zero-order valence-electron chi connectivity index (χ0n) is 12.5. The molecule has 0 spiro atoms. The van der Waals surface area contributed by atoms with E-state index in [2.05, 4.69) is 46.7 Å². The molecule has 110 valence electrons. The third-order valence-corrected chi connectivity index (χ3v) is 3.97. The molecule has 1 amide bonds. The van der Waals surface area contributed by atoms with Crippen molar-refractivity contribution in [2.75, 3.05) is 26.7 Å². The second-order valence-electron chi connectivity index (χ2n) is 5.60. The summed E-state index contributed by atoms with van der Waals surface area (Å²) in [5.41, 5.74) is 2.39. The van der Waals surface area contributed by atoms with Gasteiger partial charge in [-0.15, -0.1) is 0 Å². The number of nitrogens with zero attached hydrogens (tertiary/aromatic N) is 1. The average Bonchev–Trinajstić information content (AvgIpc) is 2.47. The van der Waals surface area contributed by atoms with Gasteiger partial charge in [0, 0.05) is 25.7 Å². The summed E-state index contributed by atoms with van der Waals surface area (Å²) in [4.78, 5) is 14.2. The van der Waals surface area contributed by atoms with E-state index in [1.807, 2.05) is 7.05 Å². The highest BCUT2D eigenvalue weighted by atomic mass is 16.2. The summed E-state index contributed by atoms with van der Waals surface area (Å²) in [6, 6.07) is 8.89. The summed E-state index contributed by atoms with van der Waals surface area (Å²) in [5.74, 6) is 0.119. The molecule has 4 heteroatoms. The maximum Gasteiger partial charge on any atom is 0.234 e. The van der Waals surface area contributed by atoms with Gasteiger partial charge in [0.2, 0.25) is 5.91 Å². The van der Waals surface area contributed by atoms with Gasteiger partial charge in [-0.05, 0) is 32.4 Å². The number of nitrogens with one attached hydrogen (secondary N) is 2. The molecule has 0 aromatic heterocycles. The largest absolute Gasteiger partial charge is 0.351 e. The summed E-state index contributed by atoms with van der Waals surface area (Å²) in [6.45, 7) is 5.21. The lowest BCUT2D eigenvalue weighted by atomic mass is 10.1. The Hall–Kier alpha value is -1.39. The fraction of sp³-hybridized carbons (Fsp3) is 0.562. The molecule has 0 radical (unpaired) electrons. The second kappa shape index (κ2) is 7.41. The summed E-state index contributed by atoms with van der Waals surface area (Å²) >= 11 is 0. The third-order valence-electron chi connectivity index (χ3n) is 3.97. The molecular formula is C16H25N3O. The summed E-state index contributed by atoms with van der Waals surface area (Å²) in [7, 11) is 2.01. The minimum atomic E-state index is 0.119. The molecule has 1 saturated heterocycles. The van der Waals surface area contributed by atoms with Crippen LogP contribution in [0.2, 0.25) is 0 Å². The summed E-state index contributed by atoms with van der Waals surface area (Å²) in [6.07, 6.45) is 2.25. The highest BCUT2D eigenvalue weighted by Crippen LogP contribution is 2.09. The standard InChI is InChI=1S/C16H25N3O/c1-13-3-5-14(6-4-13)11-18-16(20)12-19-9-7-15(17-2)8-10-19/h3-6,15,17H,7-12H2,1-2H3,(H,18,20). The molecule has 0 bridgehead atoms. The molecule has 0 atom stereocenters. The van der Waals surface area contributed by atoms with Crippen molar-refractivity contribution in [3.05, 3.63) is 35.4 Å². The Morgan fingerprint density at radius 1 is 1.25 bits per heavy atom. The quantitative estimate of drug-likeness (QED) is 0.851. The van der Waals surface area contributed by atoms with Gasteiger partial charge >= 0.3 is 0 Å².